The van der Waals surface area contributed by atoms with Crippen molar-refractivity contribution in [2.45, 2.75) is 50.7 Å². The molecule has 1 saturated carbocycles. The van der Waals surface area contributed by atoms with Gasteiger partial charge >= 0.3 is 0 Å². The quantitative estimate of drug-likeness (QED) is 0.893. The van der Waals surface area contributed by atoms with E-state index in [0.29, 0.717) is 5.92 Å². The van der Waals surface area contributed by atoms with E-state index in [2.05, 4.69) is 49.4 Å². The molecule has 2 aromatic rings. The van der Waals surface area contributed by atoms with Crippen molar-refractivity contribution in [1.29, 1.82) is 0 Å². The van der Waals surface area contributed by atoms with E-state index in [1.165, 1.54) is 22.3 Å². The van der Waals surface area contributed by atoms with Gasteiger partial charge in [-0.2, -0.15) is 0 Å². The van der Waals surface area contributed by atoms with Gasteiger partial charge in [-0.1, -0.05) is 48.0 Å². The van der Waals surface area contributed by atoms with Crippen LogP contribution in [0.25, 0.3) is 0 Å². The summed E-state index contributed by atoms with van der Waals surface area (Å²) in [6, 6.07) is 15.1. The van der Waals surface area contributed by atoms with Gasteiger partial charge in [0.1, 0.15) is 5.75 Å². The molecule has 0 spiro atoms. The monoisotopic (exact) mass is 294 g/mol. The van der Waals surface area contributed by atoms with Crippen LogP contribution in [0.5, 0.6) is 5.75 Å². The average molecular weight is 294 g/mol. The third-order valence-corrected chi connectivity index (χ3v) is 5.06. The maximum absolute atomic E-state index is 10.7. The Morgan fingerprint density at radius 2 is 2.00 bits per heavy atom. The molecule has 2 aromatic carbocycles. The van der Waals surface area contributed by atoms with Gasteiger partial charge in [0.15, 0.2) is 0 Å². The average Bonchev–Trinajstić information content (AvgIpc) is 2.50. The molecule has 2 heteroatoms. The van der Waals surface area contributed by atoms with Gasteiger partial charge < -0.3 is 9.84 Å². The van der Waals surface area contributed by atoms with E-state index in [1.54, 1.807) is 0 Å². The lowest BCUT2D eigenvalue weighted by molar-refractivity contribution is -0.172. The SMILES string of the molecule is Cc1ccc(Cc2cccc3c2O[C@@]2(O)CCC[C@@H]3C2)cc1. The number of para-hydroxylation sites is 1. The molecule has 114 valence electrons. The highest BCUT2D eigenvalue weighted by molar-refractivity contribution is 5.48. The van der Waals surface area contributed by atoms with Crippen molar-refractivity contribution in [3.8, 4) is 5.75 Å². The van der Waals surface area contributed by atoms with E-state index in [1.807, 2.05) is 0 Å². The van der Waals surface area contributed by atoms with Crippen molar-refractivity contribution in [2.24, 2.45) is 0 Å². The topological polar surface area (TPSA) is 29.5 Å². The van der Waals surface area contributed by atoms with Crippen molar-refractivity contribution < 1.29 is 9.84 Å². The zero-order valence-electron chi connectivity index (χ0n) is 13.0. The van der Waals surface area contributed by atoms with E-state index < -0.39 is 5.79 Å². The number of rotatable bonds is 2. The molecule has 2 aliphatic rings. The maximum Gasteiger partial charge on any atom is 0.208 e. The number of aliphatic hydroxyl groups is 1. The van der Waals surface area contributed by atoms with Gasteiger partial charge in [-0.25, -0.2) is 0 Å². The maximum atomic E-state index is 10.7. The van der Waals surface area contributed by atoms with Gasteiger partial charge in [-0.15, -0.1) is 0 Å². The highest BCUT2D eigenvalue weighted by Gasteiger charge is 2.42. The van der Waals surface area contributed by atoms with Gasteiger partial charge in [0.05, 0.1) is 0 Å². The fourth-order valence-corrected chi connectivity index (χ4v) is 3.88. The number of hydrogen-bond acceptors (Lipinski definition) is 2. The van der Waals surface area contributed by atoms with Gasteiger partial charge in [0, 0.05) is 19.3 Å². The molecule has 22 heavy (non-hydrogen) atoms. The Labute approximate surface area is 131 Å². The van der Waals surface area contributed by atoms with E-state index >= 15 is 0 Å². The molecule has 4 rings (SSSR count). The predicted molar refractivity (Wildman–Crippen MR) is 87.2 cm³/mol. The number of benzene rings is 2. The zero-order chi connectivity index (χ0) is 15.2. The van der Waals surface area contributed by atoms with E-state index in [4.69, 9.17) is 4.74 Å². The Hall–Kier alpha value is -1.80. The van der Waals surface area contributed by atoms with E-state index in [0.717, 1.165) is 37.9 Å². The third kappa shape index (κ3) is 2.42. The highest BCUT2D eigenvalue weighted by Crippen LogP contribution is 2.49. The lowest BCUT2D eigenvalue weighted by Gasteiger charge is -2.43. The second kappa shape index (κ2) is 5.13. The van der Waals surface area contributed by atoms with Crippen LogP contribution in [0.3, 0.4) is 0 Å². The molecular weight excluding hydrogens is 272 g/mol. The summed E-state index contributed by atoms with van der Waals surface area (Å²) in [5.74, 6) is 0.432. The molecule has 2 bridgehead atoms. The Balaban J connectivity index is 1.71. The Kier molecular flexibility index (Phi) is 3.23. The zero-order valence-corrected chi connectivity index (χ0v) is 13.0. The largest absolute Gasteiger partial charge is 0.462 e. The first-order valence-electron chi connectivity index (χ1n) is 8.22. The minimum absolute atomic E-state index is 0.445. The van der Waals surface area contributed by atoms with Crippen LogP contribution < -0.4 is 4.74 Å². The molecule has 1 heterocycles. The lowest BCUT2D eigenvalue weighted by atomic mass is 9.77. The third-order valence-electron chi connectivity index (χ3n) is 5.06. The molecule has 2 nitrogen and oxygen atoms in total. The molecule has 1 N–H and O–H groups in total. The van der Waals surface area contributed by atoms with Crippen LogP contribution in [0.15, 0.2) is 42.5 Å². The van der Waals surface area contributed by atoms with Crippen molar-refractivity contribution >= 4 is 0 Å². The fraction of sp³-hybridized carbons (Fsp3) is 0.400. The first kappa shape index (κ1) is 13.8. The normalized spacial score (nSPS) is 26.2. The summed E-state index contributed by atoms with van der Waals surface area (Å²) >= 11 is 0. The first-order chi connectivity index (χ1) is 10.6. The molecule has 1 fully saturated rings. The summed E-state index contributed by atoms with van der Waals surface area (Å²) in [6.45, 7) is 2.11. The van der Waals surface area contributed by atoms with Crippen LogP contribution in [-0.4, -0.2) is 10.9 Å². The van der Waals surface area contributed by atoms with Gasteiger partial charge in [-0.05, 0) is 42.4 Å². The second-order valence-electron chi connectivity index (χ2n) is 6.84. The summed E-state index contributed by atoms with van der Waals surface area (Å²) in [4.78, 5) is 0. The summed E-state index contributed by atoms with van der Waals surface area (Å²) < 4.78 is 6.07. The summed E-state index contributed by atoms with van der Waals surface area (Å²) in [7, 11) is 0. The summed E-state index contributed by atoms with van der Waals surface area (Å²) in [6.07, 6.45) is 4.55. The van der Waals surface area contributed by atoms with Crippen molar-refractivity contribution in [3.05, 3.63) is 64.7 Å². The van der Waals surface area contributed by atoms with Crippen molar-refractivity contribution in [1.82, 2.24) is 0 Å². The number of ether oxygens (including phenoxy) is 1. The van der Waals surface area contributed by atoms with Crippen LogP contribution >= 0.6 is 0 Å². The minimum atomic E-state index is -0.945. The van der Waals surface area contributed by atoms with Crippen molar-refractivity contribution in [3.63, 3.8) is 0 Å². The first-order valence-corrected chi connectivity index (χ1v) is 8.22. The molecule has 0 radical (unpaired) electrons. The van der Waals surface area contributed by atoms with Crippen LogP contribution in [0.2, 0.25) is 0 Å². The molecule has 1 aliphatic heterocycles. The van der Waals surface area contributed by atoms with Crippen LogP contribution in [0, 0.1) is 6.92 Å². The predicted octanol–water partition coefficient (Wildman–Crippen LogP) is 4.32. The summed E-state index contributed by atoms with van der Waals surface area (Å²) in [5, 5.41) is 10.7. The standard InChI is InChI=1S/C20H22O2/c1-14-7-9-15(10-8-14)12-16-4-2-6-18-17-5-3-11-20(21,13-17)22-19(16)18/h2,4,6-10,17,21H,3,5,11-13H2,1H3/t17-,20+/m1/s1. The number of hydrogen-bond donors (Lipinski definition) is 1. The molecule has 0 saturated heterocycles. The van der Waals surface area contributed by atoms with Crippen molar-refractivity contribution in [2.75, 3.05) is 0 Å². The van der Waals surface area contributed by atoms with Crippen LogP contribution in [-0.2, 0) is 6.42 Å². The van der Waals surface area contributed by atoms with Gasteiger partial charge in [-0.3, -0.25) is 0 Å². The molecule has 1 aliphatic carbocycles. The van der Waals surface area contributed by atoms with Gasteiger partial charge in [0.2, 0.25) is 5.79 Å². The number of fused-ring (bicyclic) bond motifs is 4. The molecular formula is C20H22O2. The van der Waals surface area contributed by atoms with Crippen LogP contribution in [0.4, 0.5) is 0 Å². The lowest BCUT2D eigenvalue weighted by Crippen LogP contribution is -2.43. The highest BCUT2D eigenvalue weighted by atomic mass is 16.6. The molecule has 0 unspecified atom stereocenters. The summed E-state index contributed by atoms with van der Waals surface area (Å²) in [5.41, 5.74) is 5.03. The minimum Gasteiger partial charge on any atom is -0.462 e. The fourth-order valence-electron chi connectivity index (χ4n) is 3.88. The Bertz CT molecular complexity index is 689. The smallest absolute Gasteiger partial charge is 0.208 e. The molecule has 0 amide bonds. The molecule has 0 aromatic heterocycles. The Morgan fingerprint density at radius 1 is 1.18 bits per heavy atom. The second-order valence-corrected chi connectivity index (χ2v) is 6.84. The Morgan fingerprint density at radius 3 is 2.82 bits per heavy atom. The molecule has 2 atom stereocenters. The van der Waals surface area contributed by atoms with Gasteiger partial charge in [0.25, 0.3) is 0 Å². The van der Waals surface area contributed by atoms with E-state index in [9.17, 15) is 5.11 Å². The van der Waals surface area contributed by atoms with E-state index in [-0.39, 0.29) is 0 Å². The number of aryl methyl sites for hydroxylation is 1. The van der Waals surface area contributed by atoms with Crippen LogP contribution in [0.1, 0.15) is 53.9 Å².